The van der Waals surface area contributed by atoms with Gasteiger partial charge in [-0.25, -0.2) is 0 Å². The molecule has 0 saturated heterocycles. The van der Waals surface area contributed by atoms with Crippen molar-refractivity contribution in [1.29, 1.82) is 0 Å². The molecule has 0 aliphatic heterocycles. The van der Waals surface area contributed by atoms with Gasteiger partial charge >= 0.3 is 0 Å². The summed E-state index contributed by atoms with van der Waals surface area (Å²) in [5.74, 6) is 0. The van der Waals surface area contributed by atoms with Crippen LogP contribution in [0.4, 0.5) is 0 Å². The predicted molar refractivity (Wildman–Crippen MR) is 91.8 cm³/mol. The van der Waals surface area contributed by atoms with Gasteiger partial charge < -0.3 is 5.32 Å². The first-order valence-corrected chi connectivity index (χ1v) is 8.36. The van der Waals surface area contributed by atoms with Crippen molar-refractivity contribution in [1.82, 2.24) is 15.1 Å². The molecule has 0 bridgehead atoms. The van der Waals surface area contributed by atoms with Gasteiger partial charge in [0.1, 0.15) is 0 Å². The molecule has 0 aliphatic rings. The fraction of sp³-hybridized carbons (Fsp3) is 0.438. The van der Waals surface area contributed by atoms with E-state index in [9.17, 15) is 0 Å². The van der Waals surface area contributed by atoms with Crippen molar-refractivity contribution >= 4 is 27.5 Å². The Hall–Kier alpha value is -0.840. The van der Waals surface area contributed by atoms with Gasteiger partial charge in [0.15, 0.2) is 0 Å². The smallest absolute Gasteiger partial charge is 0.0596 e. The van der Waals surface area contributed by atoms with Gasteiger partial charge in [-0.3, -0.25) is 4.68 Å². The van der Waals surface area contributed by atoms with Crippen LogP contribution in [0.1, 0.15) is 36.3 Å². The van der Waals surface area contributed by atoms with E-state index in [0.29, 0.717) is 0 Å². The Bertz CT molecular complexity index is 610. The fourth-order valence-corrected chi connectivity index (χ4v) is 3.42. The predicted octanol–water partition coefficient (Wildman–Crippen LogP) is 4.43. The largest absolute Gasteiger partial charge is 0.310 e. The third-order valence-corrected chi connectivity index (χ3v) is 4.41. The molecule has 0 spiro atoms. The lowest BCUT2D eigenvalue weighted by Gasteiger charge is -2.20. The third-order valence-electron chi connectivity index (χ3n) is 3.49. The zero-order valence-corrected chi connectivity index (χ0v) is 15.0. The van der Waals surface area contributed by atoms with Gasteiger partial charge in [0.25, 0.3) is 0 Å². The van der Waals surface area contributed by atoms with Crippen LogP contribution in [-0.4, -0.2) is 16.3 Å². The van der Waals surface area contributed by atoms with E-state index >= 15 is 0 Å². The van der Waals surface area contributed by atoms with Crippen molar-refractivity contribution in [2.24, 2.45) is 7.05 Å². The monoisotopic (exact) mass is 369 g/mol. The molecule has 0 saturated carbocycles. The summed E-state index contributed by atoms with van der Waals surface area (Å²) in [7, 11) is 2.00. The summed E-state index contributed by atoms with van der Waals surface area (Å²) in [6.45, 7) is 5.18. The minimum atomic E-state index is 0.242. The lowest BCUT2D eigenvalue weighted by atomic mass is 10.0. The lowest BCUT2D eigenvalue weighted by molar-refractivity contribution is 0.511. The molecule has 5 heteroatoms. The third kappa shape index (κ3) is 4.31. The standard InChI is InChI=1S/C16H21BrClN3/c1-4-7-19-16(10-13-8-11(2)20-21(13)3)14-6-5-12(18)9-15(14)17/h5-6,8-9,16,19H,4,7,10H2,1-3H3. The number of hydrogen-bond acceptors (Lipinski definition) is 2. The molecule has 21 heavy (non-hydrogen) atoms. The number of aromatic nitrogens is 2. The SMILES string of the molecule is CCCNC(Cc1cc(C)nn1C)c1ccc(Cl)cc1Br. The number of rotatable bonds is 6. The van der Waals surface area contributed by atoms with Crippen molar-refractivity contribution in [3.63, 3.8) is 0 Å². The maximum atomic E-state index is 6.05. The highest BCUT2D eigenvalue weighted by atomic mass is 79.9. The van der Waals surface area contributed by atoms with Crippen molar-refractivity contribution in [2.45, 2.75) is 32.7 Å². The van der Waals surface area contributed by atoms with Crippen LogP contribution in [0.2, 0.25) is 5.02 Å². The van der Waals surface area contributed by atoms with Crippen LogP contribution in [0.15, 0.2) is 28.7 Å². The van der Waals surface area contributed by atoms with Gasteiger partial charge in [0.2, 0.25) is 0 Å². The van der Waals surface area contributed by atoms with Gasteiger partial charge in [-0.2, -0.15) is 5.10 Å². The average Bonchev–Trinajstić information content (AvgIpc) is 2.73. The number of nitrogens with one attached hydrogen (secondary N) is 1. The van der Waals surface area contributed by atoms with Crippen molar-refractivity contribution in [3.8, 4) is 0 Å². The highest BCUT2D eigenvalue weighted by molar-refractivity contribution is 9.10. The topological polar surface area (TPSA) is 29.9 Å². The molecule has 2 aromatic rings. The summed E-state index contributed by atoms with van der Waals surface area (Å²) in [5.41, 5.74) is 3.51. The summed E-state index contributed by atoms with van der Waals surface area (Å²) in [6, 6.07) is 8.36. The molecule has 1 atom stereocenters. The molecule has 0 amide bonds. The van der Waals surface area contributed by atoms with E-state index in [4.69, 9.17) is 11.6 Å². The zero-order chi connectivity index (χ0) is 15.4. The summed E-state index contributed by atoms with van der Waals surface area (Å²) in [6.07, 6.45) is 2.00. The molecule has 0 radical (unpaired) electrons. The van der Waals surface area contributed by atoms with Gasteiger partial charge in [-0.15, -0.1) is 0 Å². The minimum absolute atomic E-state index is 0.242. The van der Waals surface area contributed by atoms with Crippen LogP contribution in [-0.2, 0) is 13.5 Å². The van der Waals surface area contributed by atoms with Crippen LogP contribution in [0.5, 0.6) is 0 Å². The zero-order valence-electron chi connectivity index (χ0n) is 12.7. The van der Waals surface area contributed by atoms with Crippen molar-refractivity contribution in [2.75, 3.05) is 6.54 Å². The molecule has 3 nitrogen and oxygen atoms in total. The van der Waals surface area contributed by atoms with Gasteiger partial charge in [0.05, 0.1) is 5.69 Å². The van der Waals surface area contributed by atoms with Crippen LogP contribution < -0.4 is 5.32 Å². The minimum Gasteiger partial charge on any atom is -0.310 e. The van der Waals surface area contributed by atoms with Crippen LogP contribution in [0.25, 0.3) is 0 Å². The van der Waals surface area contributed by atoms with E-state index < -0.39 is 0 Å². The fourth-order valence-electron chi connectivity index (χ4n) is 2.46. The Labute approximate surface area is 139 Å². The summed E-state index contributed by atoms with van der Waals surface area (Å²) >= 11 is 9.68. The summed E-state index contributed by atoms with van der Waals surface area (Å²) in [4.78, 5) is 0. The number of nitrogens with zero attached hydrogens (tertiary/aromatic N) is 2. The molecule has 1 unspecified atom stereocenters. The van der Waals surface area contributed by atoms with Crippen LogP contribution in [0.3, 0.4) is 0 Å². The van der Waals surface area contributed by atoms with Gasteiger partial charge in [-0.05, 0) is 43.7 Å². The van der Waals surface area contributed by atoms with E-state index in [1.165, 1.54) is 11.3 Å². The number of halogens is 2. The first kappa shape index (κ1) is 16.5. The lowest BCUT2D eigenvalue weighted by Crippen LogP contribution is -2.25. The Kier molecular flexibility index (Phi) is 5.85. The second-order valence-corrected chi connectivity index (χ2v) is 6.57. The Morgan fingerprint density at radius 2 is 2.14 bits per heavy atom. The Morgan fingerprint density at radius 3 is 2.71 bits per heavy atom. The van der Waals surface area contributed by atoms with Gasteiger partial charge in [-0.1, -0.05) is 40.5 Å². The second-order valence-electron chi connectivity index (χ2n) is 5.28. The normalized spacial score (nSPS) is 12.6. The van der Waals surface area contributed by atoms with Crippen LogP contribution in [0, 0.1) is 6.92 Å². The summed E-state index contributed by atoms with van der Waals surface area (Å²) < 4.78 is 3.00. The van der Waals surface area contributed by atoms with E-state index in [1.54, 1.807) is 0 Å². The quantitative estimate of drug-likeness (QED) is 0.815. The molecule has 2 rings (SSSR count). The second kappa shape index (κ2) is 7.43. The van der Waals surface area contributed by atoms with E-state index in [-0.39, 0.29) is 6.04 Å². The maximum absolute atomic E-state index is 6.05. The molecule has 1 aromatic heterocycles. The first-order valence-electron chi connectivity index (χ1n) is 7.19. The molecule has 0 fully saturated rings. The molecule has 1 heterocycles. The van der Waals surface area contributed by atoms with Crippen molar-refractivity contribution in [3.05, 3.63) is 50.7 Å². The van der Waals surface area contributed by atoms with Gasteiger partial charge in [0, 0.05) is 34.7 Å². The summed E-state index contributed by atoms with van der Waals surface area (Å²) in [5, 5.41) is 8.79. The van der Waals surface area contributed by atoms with Crippen LogP contribution >= 0.6 is 27.5 Å². The molecule has 114 valence electrons. The number of aryl methyl sites for hydroxylation is 2. The number of hydrogen-bond donors (Lipinski definition) is 1. The van der Waals surface area contributed by atoms with E-state index in [0.717, 1.165) is 34.6 Å². The van der Waals surface area contributed by atoms with Crippen molar-refractivity contribution < 1.29 is 0 Å². The number of benzene rings is 1. The Balaban J connectivity index is 2.27. The molecule has 1 aromatic carbocycles. The molecule has 0 aliphatic carbocycles. The maximum Gasteiger partial charge on any atom is 0.0596 e. The highest BCUT2D eigenvalue weighted by Crippen LogP contribution is 2.29. The highest BCUT2D eigenvalue weighted by Gasteiger charge is 2.17. The van der Waals surface area contributed by atoms with E-state index in [1.807, 2.05) is 30.8 Å². The molecular formula is C16H21BrClN3. The van der Waals surface area contributed by atoms with E-state index in [2.05, 4.69) is 45.4 Å². The first-order chi connectivity index (χ1) is 10.0. The molecule has 1 N–H and O–H groups in total. The average molecular weight is 371 g/mol. The Morgan fingerprint density at radius 1 is 1.38 bits per heavy atom. The molecular weight excluding hydrogens is 350 g/mol.